The Labute approximate surface area is 354 Å². The van der Waals surface area contributed by atoms with E-state index in [0.717, 1.165) is 155 Å². The molecule has 0 bridgehead atoms. The van der Waals surface area contributed by atoms with Crippen LogP contribution >= 0.6 is 0 Å². The van der Waals surface area contributed by atoms with Gasteiger partial charge in [0.05, 0.1) is 66.1 Å². The Morgan fingerprint density at radius 1 is 0.328 bits per heavy atom. The van der Waals surface area contributed by atoms with Gasteiger partial charge in [0.15, 0.2) is 5.58 Å². The number of aromatic nitrogens is 10. The first kappa shape index (κ1) is 30.8. The monoisotopic (exact) mass is 820 g/mol. The van der Waals surface area contributed by atoms with Crippen LogP contribution in [0.3, 0.4) is 0 Å². The summed E-state index contributed by atoms with van der Waals surface area (Å²) in [6.07, 6.45) is 0. The third-order valence-corrected chi connectivity index (χ3v) is 14.1. The fourth-order valence-corrected chi connectivity index (χ4v) is 11.6. The molecule has 18 rings (SSSR count). The summed E-state index contributed by atoms with van der Waals surface area (Å²) in [4.78, 5) is 21.0. The summed E-state index contributed by atoms with van der Waals surface area (Å²) >= 11 is 0. The average molecular weight is 821 g/mol. The minimum atomic E-state index is 0.792. The van der Waals surface area contributed by atoms with Gasteiger partial charge < -0.3 is 8.83 Å². The molecular formula is C52H24N10O2. The van der Waals surface area contributed by atoms with Crippen molar-refractivity contribution in [1.82, 2.24) is 46.3 Å². The largest absolute Gasteiger partial charge is 0.456 e. The lowest BCUT2D eigenvalue weighted by Gasteiger charge is -2.06. The van der Waals surface area contributed by atoms with Gasteiger partial charge in [-0.05, 0) is 96.1 Å². The van der Waals surface area contributed by atoms with Crippen LogP contribution in [0, 0.1) is 0 Å². The second kappa shape index (κ2) is 9.96. The van der Waals surface area contributed by atoms with Crippen molar-refractivity contribution in [3.05, 3.63) is 146 Å². The summed E-state index contributed by atoms with van der Waals surface area (Å²) in [5.41, 5.74) is 19.4. The Balaban J connectivity index is 0.955. The molecule has 10 heterocycles. The third-order valence-electron chi connectivity index (χ3n) is 14.1. The molecule has 294 valence electrons. The van der Waals surface area contributed by atoms with E-state index in [1.807, 2.05) is 24.3 Å². The summed E-state index contributed by atoms with van der Waals surface area (Å²) in [5.74, 6) is 3.29. The second-order valence-corrected chi connectivity index (χ2v) is 17.1. The Hall–Kier alpha value is -9.16. The van der Waals surface area contributed by atoms with Crippen molar-refractivity contribution in [1.29, 1.82) is 0 Å². The lowest BCUT2D eigenvalue weighted by atomic mass is 9.97. The van der Waals surface area contributed by atoms with Crippen LogP contribution in [0.25, 0.3) is 155 Å². The smallest absolute Gasteiger partial charge is 0.223 e. The topological polar surface area (TPSA) is 104 Å². The molecule has 0 fully saturated rings. The number of nitrogens with zero attached hydrogens (tertiary/aromatic N) is 10. The molecule has 0 radical (unpaired) electrons. The van der Waals surface area contributed by atoms with E-state index in [1.54, 1.807) is 0 Å². The first-order valence-corrected chi connectivity index (χ1v) is 21.3. The van der Waals surface area contributed by atoms with E-state index in [1.165, 1.54) is 0 Å². The Morgan fingerprint density at radius 2 is 0.875 bits per heavy atom. The van der Waals surface area contributed by atoms with E-state index < -0.39 is 0 Å². The standard InChI is InChI=1S/C52H24N10O2/c1-6-18-39-26(9-1)42-27(24-32-45(48(42)64-39)60-38-17-8-15-36-47(38)62(52(60)56-32)50-54-30-11-3-5-13-34(30)58(36)50)25-19-21-40-28(23-25)43-41(63-40)22-20-31-44(43)59-37-16-7-14-35-46(37)61(51(59)55-31)49-53-29-10-2-4-12-33(29)57(35)49/h1-24H. The third kappa shape index (κ3) is 3.22. The fraction of sp³-hybridized carbons (Fsp3) is 0. The van der Waals surface area contributed by atoms with Crippen molar-refractivity contribution in [2.45, 2.75) is 0 Å². The highest BCUT2D eigenvalue weighted by molar-refractivity contribution is 6.24. The van der Waals surface area contributed by atoms with E-state index >= 15 is 0 Å². The zero-order valence-corrected chi connectivity index (χ0v) is 33.1. The van der Waals surface area contributed by atoms with E-state index in [2.05, 4.69) is 148 Å². The van der Waals surface area contributed by atoms with Gasteiger partial charge in [-0.1, -0.05) is 60.7 Å². The van der Waals surface area contributed by atoms with Gasteiger partial charge in [-0.3, -0.25) is 17.6 Å². The zero-order valence-electron chi connectivity index (χ0n) is 33.1. The number of fused-ring (bicyclic) bond motifs is 28. The molecule has 0 aliphatic rings. The number of imidazole rings is 8. The molecule has 64 heavy (non-hydrogen) atoms. The SMILES string of the molecule is c1ccc2c(c1)nc1n2c2cccc3c2n1c1nc2cc(-c4ccc5oc6ccc7nc8n(c9cccc%10c9n8c8nc9ccccc9n%108)c7c6c5c4)c4c5ccccc5oc4c2n31. The summed E-state index contributed by atoms with van der Waals surface area (Å²) in [7, 11) is 0. The van der Waals surface area contributed by atoms with Gasteiger partial charge in [0.25, 0.3) is 0 Å². The number of hydrogen-bond donors (Lipinski definition) is 0. The lowest BCUT2D eigenvalue weighted by molar-refractivity contribution is 0.669. The molecule has 12 heteroatoms. The Kier molecular flexibility index (Phi) is 4.79. The maximum absolute atomic E-state index is 6.93. The minimum absolute atomic E-state index is 0.792. The molecule has 8 aromatic carbocycles. The van der Waals surface area contributed by atoms with Crippen LogP contribution < -0.4 is 0 Å². The fourth-order valence-electron chi connectivity index (χ4n) is 11.6. The number of rotatable bonds is 1. The lowest BCUT2D eigenvalue weighted by Crippen LogP contribution is -1.88. The van der Waals surface area contributed by atoms with E-state index in [4.69, 9.17) is 28.8 Å². The molecule has 0 saturated carbocycles. The zero-order chi connectivity index (χ0) is 40.8. The molecule has 10 aromatic heterocycles. The number of para-hydroxylation sites is 7. The number of hydrogen-bond acceptors (Lipinski definition) is 6. The molecule has 12 nitrogen and oxygen atoms in total. The van der Waals surface area contributed by atoms with Gasteiger partial charge in [-0.25, -0.2) is 28.7 Å². The van der Waals surface area contributed by atoms with Gasteiger partial charge in [0, 0.05) is 16.2 Å². The van der Waals surface area contributed by atoms with E-state index in [0.29, 0.717) is 0 Å². The molecule has 0 spiro atoms. The van der Waals surface area contributed by atoms with Gasteiger partial charge in [0.2, 0.25) is 23.1 Å². The van der Waals surface area contributed by atoms with Crippen molar-refractivity contribution in [3.8, 4) is 11.1 Å². The first-order chi connectivity index (χ1) is 31.7. The Bertz CT molecular complexity index is 5160. The molecular weight excluding hydrogens is 797 g/mol. The van der Waals surface area contributed by atoms with Crippen molar-refractivity contribution >= 4 is 144 Å². The number of furan rings is 2. The Morgan fingerprint density at radius 3 is 1.59 bits per heavy atom. The molecule has 0 aliphatic heterocycles. The van der Waals surface area contributed by atoms with Crippen molar-refractivity contribution in [2.24, 2.45) is 0 Å². The van der Waals surface area contributed by atoms with Crippen molar-refractivity contribution < 1.29 is 8.83 Å². The summed E-state index contributed by atoms with van der Waals surface area (Å²) in [6, 6.07) is 50.7. The summed E-state index contributed by atoms with van der Waals surface area (Å²) < 4.78 is 27.1. The molecule has 0 amide bonds. The van der Waals surface area contributed by atoms with Crippen LogP contribution in [-0.4, -0.2) is 46.3 Å². The van der Waals surface area contributed by atoms with Gasteiger partial charge >= 0.3 is 0 Å². The van der Waals surface area contributed by atoms with Crippen LogP contribution in [0.2, 0.25) is 0 Å². The van der Waals surface area contributed by atoms with Gasteiger partial charge in [0.1, 0.15) is 33.3 Å². The summed E-state index contributed by atoms with van der Waals surface area (Å²) in [6.45, 7) is 0. The van der Waals surface area contributed by atoms with Crippen molar-refractivity contribution in [2.75, 3.05) is 0 Å². The van der Waals surface area contributed by atoms with Crippen LogP contribution in [-0.2, 0) is 0 Å². The molecule has 0 saturated heterocycles. The van der Waals surface area contributed by atoms with E-state index in [9.17, 15) is 0 Å². The maximum Gasteiger partial charge on any atom is 0.223 e. The van der Waals surface area contributed by atoms with Crippen molar-refractivity contribution in [3.63, 3.8) is 0 Å². The predicted molar refractivity (Wildman–Crippen MR) is 251 cm³/mol. The van der Waals surface area contributed by atoms with E-state index in [-0.39, 0.29) is 0 Å². The van der Waals surface area contributed by atoms with Crippen LogP contribution in [0.15, 0.2) is 154 Å². The highest BCUT2D eigenvalue weighted by atomic mass is 16.3. The number of benzene rings is 8. The highest BCUT2D eigenvalue weighted by Gasteiger charge is 2.29. The second-order valence-electron chi connectivity index (χ2n) is 17.1. The average Bonchev–Trinajstić information content (AvgIpc) is 4.19. The summed E-state index contributed by atoms with van der Waals surface area (Å²) in [5, 5.41) is 4.10. The molecule has 0 N–H and O–H groups in total. The van der Waals surface area contributed by atoms with Gasteiger partial charge in [-0.15, -0.1) is 0 Å². The quantitative estimate of drug-likeness (QED) is 0.163. The molecule has 18 aromatic rings. The minimum Gasteiger partial charge on any atom is -0.456 e. The normalized spacial score (nSPS) is 13.3. The van der Waals surface area contributed by atoms with Crippen LogP contribution in [0.4, 0.5) is 0 Å². The van der Waals surface area contributed by atoms with Crippen LogP contribution in [0.5, 0.6) is 0 Å². The first-order valence-electron chi connectivity index (χ1n) is 21.3. The van der Waals surface area contributed by atoms with Gasteiger partial charge in [-0.2, -0.15) is 0 Å². The molecule has 0 atom stereocenters. The maximum atomic E-state index is 6.93. The predicted octanol–water partition coefficient (Wildman–Crippen LogP) is 12.0. The molecule has 0 aliphatic carbocycles. The highest BCUT2D eigenvalue weighted by Crippen LogP contribution is 2.46. The van der Waals surface area contributed by atoms with Crippen LogP contribution in [0.1, 0.15) is 0 Å². The molecule has 0 unspecified atom stereocenters.